The molecular weight excluding hydrogens is 358 g/mol. The minimum Gasteiger partial charge on any atom is -0.497 e. The molecule has 0 atom stereocenters. The molecule has 3 aromatic rings. The van der Waals surface area contributed by atoms with Crippen LogP contribution in [0.1, 0.15) is 32.1 Å². The molecule has 0 unspecified atom stereocenters. The largest absolute Gasteiger partial charge is 0.497 e. The molecule has 146 valence electrons. The van der Waals surface area contributed by atoms with Gasteiger partial charge in [-0.1, -0.05) is 19.3 Å². The van der Waals surface area contributed by atoms with Gasteiger partial charge in [-0.05, 0) is 43.2 Å². The molecule has 1 fully saturated rings. The summed E-state index contributed by atoms with van der Waals surface area (Å²) in [6.07, 6.45) is 6.96. The van der Waals surface area contributed by atoms with Crippen molar-refractivity contribution in [2.24, 2.45) is 0 Å². The third kappa shape index (κ3) is 3.76. The zero-order valence-corrected chi connectivity index (χ0v) is 15.8. The van der Waals surface area contributed by atoms with Crippen molar-refractivity contribution in [2.45, 2.75) is 44.7 Å². The Balaban J connectivity index is 1.54. The number of amides is 1. The molecule has 0 spiro atoms. The van der Waals surface area contributed by atoms with Crippen molar-refractivity contribution in [3.8, 4) is 17.0 Å². The predicted molar refractivity (Wildman–Crippen MR) is 104 cm³/mol. The number of nitrogens with one attached hydrogen (secondary N) is 1. The molecule has 2 heterocycles. The van der Waals surface area contributed by atoms with Crippen LogP contribution in [0.4, 0.5) is 0 Å². The van der Waals surface area contributed by atoms with Crippen molar-refractivity contribution in [1.82, 2.24) is 24.7 Å². The van der Waals surface area contributed by atoms with Gasteiger partial charge in [0.2, 0.25) is 5.91 Å². The highest BCUT2D eigenvalue weighted by atomic mass is 16.5. The fraction of sp³-hybridized carbons (Fsp3) is 0.400. The first-order valence-corrected chi connectivity index (χ1v) is 9.53. The topological polar surface area (TPSA) is 90.5 Å². The maximum absolute atomic E-state index is 12.7. The van der Waals surface area contributed by atoms with Crippen molar-refractivity contribution in [3.63, 3.8) is 0 Å². The SMILES string of the molecule is COc1ccc(-c2cc3c(=O)n(CC(=O)NC4CCCCC4)ncn3n2)cc1. The van der Waals surface area contributed by atoms with E-state index >= 15 is 0 Å². The average molecular weight is 381 g/mol. The number of benzene rings is 1. The van der Waals surface area contributed by atoms with Crippen LogP contribution in [-0.4, -0.2) is 38.5 Å². The maximum atomic E-state index is 12.7. The maximum Gasteiger partial charge on any atom is 0.293 e. The van der Waals surface area contributed by atoms with Crippen LogP contribution in [0.5, 0.6) is 5.75 Å². The molecule has 2 aromatic heterocycles. The van der Waals surface area contributed by atoms with E-state index in [0.29, 0.717) is 11.2 Å². The first kappa shape index (κ1) is 18.2. The van der Waals surface area contributed by atoms with Crippen LogP contribution in [0.2, 0.25) is 0 Å². The monoisotopic (exact) mass is 381 g/mol. The number of nitrogens with zero attached hydrogens (tertiary/aromatic N) is 4. The van der Waals surface area contributed by atoms with Gasteiger partial charge in [-0.15, -0.1) is 0 Å². The van der Waals surface area contributed by atoms with Crippen molar-refractivity contribution >= 4 is 11.4 Å². The standard InChI is InChI=1S/C20H23N5O3/c1-28-16-9-7-14(8-10-16)17-11-18-20(27)24(21-13-25(18)23-17)12-19(26)22-15-5-3-2-4-6-15/h7-11,13,15H,2-6,12H2,1H3,(H,22,26). The number of carbonyl (C=O) groups is 1. The first-order valence-electron chi connectivity index (χ1n) is 9.53. The summed E-state index contributed by atoms with van der Waals surface area (Å²) >= 11 is 0. The molecule has 0 aliphatic heterocycles. The number of hydrogen-bond acceptors (Lipinski definition) is 5. The second-order valence-electron chi connectivity index (χ2n) is 7.08. The van der Waals surface area contributed by atoms with Gasteiger partial charge in [0.1, 0.15) is 24.1 Å². The van der Waals surface area contributed by atoms with Gasteiger partial charge < -0.3 is 10.1 Å². The predicted octanol–water partition coefficient (Wildman–Crippen LogP) is 2.02. The number of aromatic nitrogens is 4. The summed E-state index contributed by atoms with van der Waals surface area (Å²) in [5, 5.41) is 11.5. The Kier molecular flexibility index (Phi) is 5.10. The Hall–Kier alpha value is -3.16. The second-order valence-corrected chi connectivity index (χ2v) is 7.08. The summed E-state index contributed by atoms with van der Waals surface area (Å²) in [6.45, 7) is -0.0884. The van der Waals surface area contributed by atoms with Crippen LogP contribution < -0.4 is 15.6 Å². The molecule has 1 N–H and O–H groups in total. The highest BCUT2D eigenvalue weighted by Gasteiger charge is 2.17. The van der Waals surface area contributed by atoms with Crippen LogP contribution in [0.15, 0.2) is 41.5 Å². The lowest BCUT2D eigenvalue weighted by atomic mass is 9.95. The molecule has 4 rings (SSSR count). The molecule has 0 radical (unpaired) electrons. The fourth-order valence-corrected chi connectivity index (χ4v) is 3.61. The van der Waals surface area contributed by atoms with Crippen LogP contribution in [0.3, 0.4) is 0 Å². The first-order chi connectivity index (χ1) is 13.6. The van der Waals surface area contributed by atoms with E-state index in [-0.39, 0.29) is 24.1 Å². The quantitative estimate of drug-likeness (QED) is 0.730. The summed E-state index contributed by atoms with van der Waals surface area (Å²) in [5.74, 6) is 0.571. The molecular formula is C20H23N5O3. The molecule has 1 aromatic carbocycles. The van der Waals surface area contributed by atoms with E-state index in [9.17, 15) is 9.59 Å². The highest BCUT2D eigenvalue weighted by molar-refractivity contribution is 5.76. The minimum absolute atomic E-state index is 0.0884. The normalized spacial score (nSPS) is 14.9. The lowest BCUT2D eigenvalue weighted by Crippen LogP contribution is -2.40. The Morgan fingerprint density at radius 3 is 2.68 bits per heavy atom. The van der Waals surface area contributed by atoms with Gasteiger partial charge in [-0.2, -0.15) is 10.2 Å². The summed E-state index contributed by atoms with van der Waals surface area (Å²) < 4.78 is 7.79. The Bertz CT molecular complexity index is 1030. The summed E-state index contributed by atoms with van der Waals surface area (Å²) in [4.78, 5) is 25.1. The number of carbonyl (C=O) groups excluding carboxylic acids is 1. The van der Waals surface area contributed by atoms with E-state index in [1.807, 2.05) is 24.3 Å². The molecule has 8 nitrogen and oxygen atoms in total. The summed E-state index contributed by atoms with van der Waals surface area (Å²) in [6, 6.07) is 9.35. The van der Waals surface area contributed by atoms with Gasteiger partial charge in [-0.3, -0.25) is 9.59 Å². The lowest BCUT2D eigenvalue weighted by Gasteiger charge is -2.22. The van der Waals surface area contributed by atoms with E-state index in [1.165, 1.54) is 21.9 Å². The average Bonchev–Trinajstić information content (AvgIpc) is 3.16. The van der Waals surface area contributed by atoms with Crippen LogP contribution in [0.25, 0.3) is 16.8 Å². The molecule has 1 aliphatic rings. The number of fused-ring (bicyclic) bond motifs is 1. The van der Waals surface area contributed by atoms with E-state index in [0.717, 1.165) is 37.0 Å². The Morgan fingerprint density at radius 2 is 1.96 bits per heavy atom. The van der Waals surface area contributed by atoms with Gasteiger partial charge in [0, 0.05) is 11.6 Å². The van der Waals surface area contributed by atoms with Crippen LogP contribution >= 0.6 is 0 Å². The van der Waals surface area contributed by atoms with E-state index < -0.39 is 0 Å². The lowest BCUT2D eigenvalue weighted by molar-refractivity contribution is -0.122. The van der Waals surface area contributed by atoms with Gasteiger partial charge in [0.05, 0.1) is 12.8 Å². The Morgan fingerprint density at radius 1 is 1.21 bits per heavy atom. The third-order valence-electron chi connectivity index (χ3n) is 5.14. The third-order valence-corrected chi connectivity index (χ3v) is 5.14. The highest BCUT2D eigenvalue weighted by Crippen LogP contribution is 2.21. The van der Waals surface area contributed by atoms with Crippen LogP contribution in [-0.2, 0) is 11.3 Å². The fourth-order valence-electron chi connectivity index (χ4n) is 3.61. The van der Waals surface area contributed by atoms with Crippen molar-refractivity contribution in [3.05, 3.63) is 47.0 Å². The number of ether oxygens (including phenoxy) is 1. The number of methoxy groups -OCH3 is 1. The van der Waals surface area contributed by atoms with Gasteiger partial charge >= 0.3 is 0 Å². The van der Waals surface area contributed by atoms with Crippen molar-refractivity contribution in [1.29, 1.82) is 0 Å². The van der Waals surface area contributed by atoms with Crippen LogP contribution in [0, 0.1) is 0 Å². The molecule has 28 heavy (non-hydrogen) atoms. The molecule has 0 saturated heterocycles. The van der Waals surface area contributed by atoms with E-state index in [2.05, 4.69) is 15.5 Å². The zero-order chi connectivity index (χ0) is 19.5. The molecule has 0 bridgehead atoms. The number of hydrogen-bond donors (Lipinski definition) is 1. The van der Waals surface area contributed by atoms with Gasteiger partial charge in [0.15, 0.2) is 0 Å². The van der Waals surface area contributed by atoms with Gasteiger partial charge in [-0.25, -0.2) is 9.20 Å². The summed E-state index contributed by atoms with van der Waals surface area (Å²) in [5.41, 5.74) is 1.57. The second kappa shape index (κ2) is 7.84. The molecule has 1 saturated carbocycles. The van der Waals surface area contributed by atoms with Gasteiger partial charge in [0.25, 0.3) is 5.56 Å². The van der Waals surface area contributed by atoms with E-state index in [1.54, 1.807) is 13.2 Å². The summed E-state index contributed by atoms with van der Waals surface area (Å²) in [7, 11) is 1.61. The van der Waals surface area contributed by atoms with Crippen molar-refractivity contribution in [2.75, 3.05) is 7.11 Å². The smallest absolute Gasteiger partial charge is 0.293 e. The number of rotatable bonds is 5. The zero-order valence-electron chi connectivity index (χ0n) is 15.8. The molecule has 1 aliphatic carbocycles. The Labute approximate surface area is 162 Å². The minimum atomic E-state index is -0.339. The molecule has 8 heteroatoms. The van der Waals surface area contributed by atoms with Crippen molar-refractivity contribution < 1.29 is 9.53 Å². The van der Waals surface area contributed by atoms with E-state index in [4.69, 9.17) is 4.74 Å². The molecule has 1 amide bonds.